The van der Waals surface area contributed by atoms with Gasteiger partial charge in [-0.15, -0.1) is 0 Å². The maximum Gasteiger partial charge on any atom is 0.505 e. The van der Waals surface area contributed by atoms with Crippen LogP contribution in [0, 0.1) is 0 Å². The molecular weight excluding hydrogens is 420 g/mol. The lowest BCUT2D eigenvalue weighted by Gasteiger charge is -2.21. The number of alkyl carbamates (subject to hydrolysis) is 1. The summed E-state index contributed by atoms with van der Waals surface area (Å²) in [5.41, 5.74) is 16.4. The fourth-order valence-corrected chi connectivity index (χ4v) is 2.90. The van der Waals surface area contributed by atoms with Gasteiger partial charge in [-0.2, -0.15) is 0 Å². The molecule has 0 unspecified atom stereocenters. The summed E-state index contributed by atoms with van der Waals surface area (Å²) in [7, 11) is 0. The Morgan fingerprint density at radius 1 is 0.750 bits per heavy atom. The average Bonchev–Trinajstić information content (AvgIpc) is 2.75. The molecule has 0 saturated carbocycles. The number of ether oxygens (including phenoxy) is 2. The average molecular weight is 463 g/mol. The van der Waals surface area contributed by atoms with Crippen molar-refractivity contribution in [3.63, 3.8) is 0 Å². The molecule has 12 heteroatoms. The van der Waals surface area contributed by atoms with Gasteiger partial charge in [-0.1, -0.05) is 12.8 Å². The van der Waals surface area contributed by atoms with Gasteiger partial charge in [-0.05, 0) is 64.7 Å². The van der Waals surface area contributed by atoms with E-state index in [9.17, 15) is 14.4 Å². The van der Waals surface area contributed by atoms with Gasteiger partial charge >= 0.3 is 12.2 Å². The molecule has 0 aliphatic rings. The third kappa shape index (κ3) is 18.6. The van der Waals surface area contributed by atoms with Crippen LogP contribution in [-0.2, 0) is 14.3 Å². The summed E-state index contributed by atoms with van der Waals surface area (Å²) in [5, 5.41) is 17.2. The van der Waals surface area contributed by atoms with Crippen LogP contribution >= 0.6 is 0 Å². The van der Waals surface area contributed by atoms with Crippen LogP contribution in [0.3, 0.4) is 0 Å². The molecule has 0 spiro atoms. The second-order valence-electron chi connectivity index (χ2n) is 7.52. The molecule has 188 valence electrons. The normalized spacial score (nSPS) is 12.6. The number of carbonyl (C=O) groups is 3. The monoisotopic (exact) mass is 462 g/mol. The molecule has 32 heavy (non-hydrogen) atoms. The molecule has 0 fully saturated rings. The van der Waals surface area contributed by atoms with Gasteiger partial charge in [0.15, 0.2) is 0 Å². The molecule has 0 aliphatic carbocycles. The van der Waals surface area contributed by atoms with Crippen molar-refractivity contribution in [3.05, 3.63) is 0 Å². The summed E-state index contributed by atoms with van der Waals surface area (Å²) in [5.74, 6) is -0.186. The Bertz CT molecular complexity index is 511. The van der Waals surface area contributed by atoms with Gasteiger partial charge in [-0.3, -0.25) is 4.79 Å². The maximum atomic E-state index is 12.2. The largest absolute Gasteiger partial charge is 0.505 e. The minimum atomic E-state index is -1.41. The Morgan fingerprint density at radius 2 is 1.28 bits per heavy atom. The topological polar surface area (TPSA) is 204 Å². The number of carbonyl (C=O) groups excluding carboxylic acids is 2. The van der Waals surface area contributed by atoms with Crippen LogP contribution in [0.2, 0.25) is 0 Å². The predicted molar refractivity (Wildman–Crippen MR) is 121 cm³/mol. The van der Waals surface area contributed by atoms with E-state index in [1.165, 1.54) is 0 Å². The van der Waals surface area contributed by atoms with Crippen LogP contribution in [0.25, 0.3) is 0 Å². The summed E-state index contributed by atoms with van der Waals surface area (Å²) >= 11 is 0. The quantitative estimate of drug-likeness (QED) is 0.0940. The van der Waals surface area contributed by atoms with Gasteiger partial charge in [0, 0.05) is 0 Å². The van der Waals surface area contributed by atoms with Crippen LogP contribution in [0.4, 0.5) is 9.59 Å². The van der Waals surface area contributed by atoms with Crippen LogP contribution in [0.5, 0.6) is 0 Å². The Hall–Kier alpha value is -2.15. The summed E-state index contributed by atoms with van der Waals surface area (Å²) in [6, 6.07) is -0.871. The number of nitrogens with two attached hydrogens (primary N) is 3. The minimum absolute atomic E-state index is 0.00930. The van der Waals surface area contributed by atoms with E-state index in [4.69, 9.17) is 27.0 Å². The molecule has 0 aromatic carbocycles. The highest BCUT2D eigenvalue weighted by Gasteiger charge is 2.18. The summed E-state index contributed by atoms with van der Waals surface area (Å²) in [4.78, 5) is 35.0. The molecule has 2 atom stereocenters. The smallest absolute Gasteiger partial charge is 0.450 e. The lowest BCUT2D eigenvalue weighted by Crippen LogP contribution is -2.45. The van der Waals surface area contributed by atoms with E-state index in [1.54, 1.807) is 0 Å². The van der Waals surface area contributed by atoms with E-state index in [1.807, 2.05) is 0 Å². The zero-order chi connectivity index (χ0) is 24.0. The summed E-state index contributed by atoms with van der Waals surface area (Å²) in [6.45, 7) is 2.34. The molecule has 10 N–H and O–H groups in total. The Morgan fingerprint density at radius 3 is 1.84 bits per heavy atom. The van der Waals surface area contributed by atoms with Gasteiger partial charge in [0.1, 0.15) is 13.2 Å². The highest BCUT2D eigenvalue weighted by atomic mass is 16.7. The molecular formula is C20H42N6O6. The summed E-state index contributed by atoms with van der Waals surface area (Å²) < 4.78 is 9.85. The second kappa shape index (κ2) is 20.7. The molecule has 0 saturated heterocycles. The van der Waals surface area contributed by atoms with Crippen molar-refractivity contribution in [1.82, 2.24) is 16.0 Å². The van der Waals surface area contributed by atoms with E-state index >= 15 is 0 Å². The zero-order valence-electron chi connectivity index (χ0n) is 19.0. The van der Waals surface area contributed by atoms with E-state index in [2.05, 4.69) is 20.7 Å². The maximum absolute atomic E-state index is 12.2. The van der Waals surface area contributed by atoms with Crippen molar-refractivity contribution in [2.45, 2.75) is 63.5 Å². The number of rotatable bonds is 20. The van der Waals surface area contributed by atoms with Gasteiger partial charge in [-0.25, -0.2) is 9.59 Å². The van der Waals surface area contributed by atoms with Crippen LogP contribution in [0.1, 0.15) is 51.4 Å². The first-order chi connectivity index (χ1) is 15.4. The lowest BCUT2D eigenvalue weighted by atomic mass is 10.1. The first-order valence-electron chi connectivity index (χ1n) is 11.3. The van der Waals surface area contributed by atoms with E-state index < -0.39 is 18.3 Å². The van der Waals surface area contributed by atoms with Gasteiger partial charge < -0.3 is 47.7 Å². The van der Waals surface area contributed by atoms with Crippen molar-refractivity contribution < 1.29 is 29.0 Å². The first-order valence-corrected chi connectivity index (χ1v) is 11.3. The molecule has 0 rings (SSSR count). The number of hydrogen-bond acceptors (Lipinski definition) is 9. The molecule has 2 amide bonds. The van der Waals surface area contributed by atoms with Crippen molar-refractivity contribution >= 4 is 18.2 Å². The molecule has 0 aromatic heterocycles. The third-order valence-corrected chi connectivity index (χ3v) is 4.62. The number of hydrogen-bond donors (Lipinski definition) is 7. The van der Waals surface area contributed by atoms with Crippen LogP contribution in [0.15, 0.2) is 0 Å². The molecule has 0 aliphatic heterocycles. The SMILES string of the molecule is NCCCCNCC(=O)N[C@@H](CCCCN)COC(=O)N[C@H](CCCCN)COC(=O)O. The van der Waals surface area contributed by atoms with Crippen molar-refractivity contribution in [2.24, 2.45) is 17.2 Å². The first kappa shape index (κ1) is 29.9. The molecule has 0 aromatic rings. The van der Waals surface area contributed by atoms with Crippen molar-refractivity contribution in [3.8, 4) is 0 Å². The van der Waals surface area contributed by atoms with Crippen LogP contribution < -0.4 is 33.2 Å². The Kier molecular flexibility index (Phi) is 19.3. The molecule has 12 nitrogen and oxygen atoms in total. The fraction of sp³-hybridized carbons (Fsp3) is 0.850. The number of amides is 2. The van der Waals surface area contributed by atoms with Gasteiger partial charge in [0.05, 0.1) is 18.6 Å². The summed E-state index contributed by atoms with van der Waals surface area (Å²) in [6.07, 6.45) is 3.83. The lowest BCUT2D eigenvalue weighted by molar-refractivity contribution is -0.121. The molecule has 0 radical (unpaired) electrons. The predicted octanol–water partition coefficient (Wildman–Crippen LogP) is -0.153. The fourth-order valence-electron chi connectivity index (χ4n) is 2.90. The standard InChI is InChI=1S/C20H42N6O6/c21-9-3-1-7-16(25-18(27)13-24-12-6-5-11-23)14-31-19(28)26-17(8-2-4-10-22)15-32-20(29)30/h16-17,24H,1-15,21-23H2,(H,25,27)(H,26,28)(H,29,30)/t16-,17+/m0/s1. The second-order valence-corrected chi connectivity index (χ2v) is 7.52. The van der Waals surface area contributed by atoms with E-state index in [0.29, 0.717) is 45.4 Å². The third-order valence-electron chi connectivity index (χ3n) is 4.62. The molecule has 0 heterocycles. The number of nitrogens with one attached hydrogen (secondary N) is 3. The molecule has 0 bridgehead atoms. The highest BCUT2D eigenvalue weighted by molar-refractivity contribution is 5.78. The van der Waals surface area contributed by atoms with E-state index in [-0.39, 0.29) is 31.7 Å². The minimum Gasteiger partial charge on any atom is -0.450 e. The van der Waals surface area contributed by atoms with Crippen molar-refractivity contribution in [2.75, 3.05) is 45.9 Å². The van der Waals surface area contributed by atoms with Crippen LogP contribution in [-0.4, -0.2) is 81.3 Å². The Balaban J connectivity index is 4.53. The zero-order valence-corrected chi connectivity index (χ0v) is 19.0. The number of unbranched alkanes of at least 4 members (excludes halogenated alkanes) is 3. The van der Waals surface area contributed by atoms with Gasteiger partial charge in [0.2, 0.25) is 5.91 Å². The Labute approximate surface area is 190 Å². The number of carboxylic acid groups (broad SMARTS) is 1. The van der Waals surface area contributed by atoms with E-state index in [0.717, 1.165) is 32.1 Å². The van der Waals surface area contributed by atoms with Crippen molar-refractivity contribution in [1.29, 1.82) is 0 Å². The van der Waals surface area contributed by atoms with Gasteiger partial charge in [0.25, 0.3) is 0 Å². The highest BCUT2D eigenvalue weighted by Crippen LogP contribution is 2.04.